The molecule has 10 nitrogen and oxygen atoms in total. The summed E-state index contributed by atoms with van der Waals surface area (Å²) in [7, 11) is 2.96. The van der Waals surface area contributed by atoms with Gasteiger partial charge in [-0.25, -0.2) is 0 Å². The van der Waals surface area contributed by atoms with Crippen LogP contribution in [0.3, 0.4) is 0 Å². The second-order valence-corrected chi connectivity index (χ2v) is 12.5. The zero-order valence-corrected chi connectivity index (χ0v) is 22.0. The zero-order valence-electron chi connectivity index (χ0n) is 21.2. The van der Waals surface area contributed by atoms with E-state index in [0.29, 0.717) is 16.6 Å². The number of hydrogen-bond donors (Lipinski definition) is 4. The number of amides is 1. The number of ketones is 4. The van der Waals surface area contributed by atoms with E-state index in [1.54, 1.807) is 23.9 Å². The number of carbonyl (C=O) groups is 5. The van der Waals surface area contributed by atoms with E-state index >= 15 is 0 Å². The van der Waals surface area contributed by atoms with Crippen molar-refractivity contribution in [2.75, 3.05) is 19.8 Å². The van der Waals surface area contributed by atoms with Crippen molar-refractivity contribution < 1.29 is 39.3 Å². The summed E-state index contributed by atoms with van der Waals surface area (Å²) in [5.74, 6) is -12.4. The summed E-state index contributed by atoms with van der Waals surface area (Å²) < 4.78 is 0. The molecule has 5 rings (SSSR count). The van der Waals surface area contributed by atoms with Crippen LogP contribution in [0.5, 0.6) is 5.75 Å². The highest BCUT2D eigenvalue weighted by molar-refractivity contribution is 7.99. The molecule has 4 aliphatic carbocycles. The molecule has 0 heterocycles. The predicted molar refractivity (Wildman–Crippen MR) is 136 cm³/mol. The number of thioether (sulfide) groups is 1. The van der Waals surface area contributed by atoms with Gasteiger partial charge in [0.2, 0.25) is 5.91 Å². The van der Waals surface area contributed by atoms with Gasteiger partial charge < -0.3 is 21.1 Å². The summed E-state index contributed by atoms with van der Waals surface area (Å²) in [6.45, 7) is 0. The van der Waals surface area contributed by atoms with Crippen molar-refractivity contribution in [3.05, 3.63) is 29.3 Å². The molecule has 0 bridgehead atoms. The number of phenolic OH excluding ortho intramolecular Hbond substituents is 1. The number of aliphatic hydroxyl groups is 2. The van der Waals surface area contributed by atoms with Crippen molar-refractivity contribution in [2.24, 2.45) is 29.4 Å². The summed E-state index contributed by atoms with van der Waals surface area (Å²) in [5, 5.41) is 34.6. The van der Waals surface area contributed by atoms with Gasteiger partial charge in [0.15, 0.2) is 34.7 Å². The lowest BCUT2D eigenvalue weighted by atomic mass is 9.49. The first-order valence-electron chi connectivity index (χ1n) is 12.9. The average molecular weight is 545 g/mol. The molecular formula is C27H32N2O8S. The molecule has 8 atom stereocenters. The average Bonchev–Trinajstić information content (AvgIpc) is 3.37. The lowest BCUT2D eigenvalue weighted by Gasteiger charge is -2.56. The van der Waals surface area contributed by atoms with Gasteiger partial charge in [-0.3, -0.25) is 28.9 Å². The van der Waals surface area contributed by atoms with Gasteiger partial charge in [-0.15, -0.1) is 0 Å². The van der Waals surface area contributed by atoms with Crippen LogP contribution in [-0.2, 0) is 19.2 Å². The summed E-state index contributed by atoms with van der Waals surface area (Å²) in [6.07, 6.45) is 2.65. The van der Waals surface area contributed by atoms with Crippen LogP contribution < -0.4 is 5.73 Å². The number of aromatic hydroxyl groups is 1. The van der Waals surface area contributed by atoms with E-state index < -0.39 is 76.4 Å². The van der Waals surface area contributed by atoms with Gasteiger partial charge in [-0.1, -0.05) is 25.0 Å². The second kappa shape index (κ2) is 9.55. The van der Waals surface area contributed by atoms with Crippen molar-refractivity contribution in [1.29, 1.82) is 0 Å². The molecule has 0 spiro atoms. The first-order valence-corrected chi connectivity index (χ1v) is 13.9. The number of phenols is 1. The highest BCUT2D eigenvalue weighted by Crippen LogP contribution is 2.55. The van der Waals surface area contributed by atoms with Gasteiger partial charge in [0.25, 0.3) is 0 Å². The predicted octanol–water partition coefficient (Wildman–Crippen LogP) is 0.0547. The first kappa shape index (κ1) is 27.0. The van der Waals surface area contributed by atoms with Gasteiger partial charge in [0.1, 0.15) is 5.75 Å². The number of Topliss-reactive ketones (excluding diaryl/α,β-unsaturated/α-hetero) is 4. The molecule has 5 N–H and O–H groups in total. The van der Waals surface area contributed by atoms with E-state index in [1.165, 1.54) is 25.1 Å². The Morgan fingerprint density at radius 2 is 1.79 bits per heavy atom. The van der Waals surface area contributed by atoms with Crippen molar-refractivity contribution in [3.63, 3.8) is 0 Å². The molecule has 0 aromatic heterocycles. The van der Waals surface area contributed by atoms with Crippen LogP contribution in [0.15, 0.2) is 18.2 Å². The highest BCUT2D eigenvalue weighted by atomic mass is 32.2. The van der Waals surface area contributed by atoms with E-state index in [1.807, 2.05) is 0 Å². The molecule has 204 valence electrons. The molecule has 0 saturated heterocycles. The van der Waals surface area contributed by atoms with Crippen LogP contribution in [-0.4, -0.2) is 92.1 Å². The fourth-order valence-electron chi connectivity index (χ4n) is 7.26. The number of nitrogens with two attached hydrogens (primary N) is 1. The Kier molecular flexibility index (Phi) is 6.78. The molecule has 3 saturated carbocycles. The largest absolute Gasteiger partial charge is 0.507 e. The van der Waals surface area contributed by atoms with Gasteiger partial charge in [0, 0.05) is 22.8 Å². The van der Waals surface area contributed by atoms with E-state index in [9.17, 15) is 39.3 Å². The summed E-state index contributed by atoms with van der Waals surface area (Å²) in [5.41, 5.74) is 2.79. The van der Waals surface area contributed by atoms with Crippen LogP contribution in [0.1, 0.15) is 47.5 Å². The number of rotatable bonds is 5. The third-order valence-corrected chi connectivity index (χ3v) is 10.5. The number of likely N-dealkylation sites (N-methyl/N-ethyl adjacent to an activating group) is 1. The number of primary amides is 1. The summed E-state index contributed by atoms with van der Waals surface area (Å²) >= 11 is 1.68. The van der Waals surface area contributed by atoms with E-state index in [0.717, 1.165) is 25.7 Å². The Balaban J connectivity index is 1.67. The van der Waals surface area contributed by atoms with E-state index in [4.69, 9.17) is 5.73 Å². The van der Waals surface area contributed by atoms with Crippen molar-refractivity contribution >= 4 is 40.8 Å². The Hall–Kier alpha value is -2.60. The molecule has 3 fully saturated rings. The number of benzene rings is 1. The lowest BCUT2D eigenvalue weighted by Crippen LogP contribution is -2.77. The van der Waals surface area contributed by atoms with E-state index in [2.05, 4.69) is 0 Å². The Labute approximate surface area is 223 Å². The SMILES string of the molecule is CN(C)[C@@H]1C(=O)C(C(N)=O)C(=O)[C@@]2(O)C(=O)C3C(=O)c4c(O)cccc4[C@H](CSC4CCCC4)C3[C@H](O)C12. The lowest BCUT2D eigenvalue weighted by molar-refractivity contribution is -0.196. The van der Waals surface area contributed by atoms with Crippen LogP contribution in [0.4, 0.5) is 0 Å². The van der Waals surface area contributed by atoms with Crippen molar-refractivity contribution in [3.8, 4) is 5.75 Å². The molecule has 1 aromatic rings. The van der Waals surface area contributed by atoms with Crippen LogP contribution in [0.2, 0.25) is 0 Å². The molecule has 0 radical (unpaired) electrons. The number of nitrogens with zero attached hydrogens (tertiary/aromatic N) is 1. The van der Waals surface area contributed by atoms with Gasteiger partial charge >= 0.3 is 0 Å². The van der Waals surface area contributed by atoms with Crippen LogP contribution in [0, 0.1) is 23.7 Å². The normalized spacial score (nSPS) is 37.2. The third kappa shape index (κ3) is 3.70. The van der Waals surface area contributed by atoms with Crippen LogP contribution >= 0.6 is 11.8 Å². The topological polar surface area (TPSA) is 175 Å². The van der Waals surface area contributed by atoms with Gasteiger partial charge in [0.05, 0.1) is 29.5 Å². The number of carbonyl (C=O) groups excluding carboxylic acids is 5. The monoisotopic (exact) mass is 544 g/mol. The zero-order chi connectivity index (χ0) is 27.7. The standard InChI is InChI=1S/C27H32N2O8S/c1-29(2)20-19-22(32)16-13(10-38-11-6-3-4-7-11)12-8-5-9-14(30)15(12)21(31)17(16)24(34)27(19,37)25(35)18(23(20)33)26(28)36/h5,8-9,11,13,16-20,22,30,32,37H,3-4,6-7,10H2,1-2H3,(H2,28,36)/t13-,16?,17?,18?,19?,20-,22-,27-/m0/s1. The quantitative estimate of drug-likeness (QED) is 0.371. The smallest absolute Gasteiger partial charge is 0.235 e. The molecule has 38 heavy (non-hydrogen) atoms. The Bertz CT molecular complexity index is 1230. The first-order chi connectivity index (χ1) is 17.9. The van der Waals surface area contributed by atoms with Gasteiger partial charge in [-0.05, 0) is 38.6 Å². The third-order valence-electron chi connectivity index (χ3n) is 8.96. The molecule has 1 amide bonds. The molecular weight excluding hydrogens is 512 g/mol. The highest BCUT2D eigenvalue weighted by Gasteiger charge is 2.73. The fourth-order valence-corrected chi connectivity index (χ4v) is 8.81. The van der Waals surface area contributed by atoms with Crippen molar-refractivity contribution in [2.45, 2.75) is 54.6 Å². The minimum Gasteiger partial charge on any atom is -0.507 e. The van der Waals surface area contributed by atoms with Gasteiger partial charge in [-0.2, -0.15) is 11.8 Å². The van der Waals surface area contributed by atoms with E-state index in [-0.39, 0.29) is 11.3 Å². The molecule has 1 aromatic carbocycles. The number of aliphatic hydroxyl groups excluding tert-OH is 1. The maximum atomic E-state index is 14.1. The minimum atomic E-state index is -2.98. The van der Waals surface area contributed by atoms with Crippen molar-refractivity contribution in [1.82, 2.24) is 4.90 Å². The minimum absolute atomic E-state index is 0.0664. The molecule has 4 unspecified atom stereocenters. The molecule has 0 aliphatic heterocycles. The maximum absolute atomic E-state index is 14.1. The summed E-state index contributed by atoms with van der Waals surface area (Å²) in [6, 6.07) is 3.23. The maximum Gasteiger partial charge on any atom is 0.235 e. The summed E-state index contributed by atoms with van der Waals surface area (Å²) in [4.78, 5) is 68.1. The second-order valence-electron chi connectivity index (χ2n) is 11.2. The molecule has 11 heteroatoms. The Morgan fingerprint density at radius 1 is 1.13 bits per heavy atom. The number of hydrogen-bond acceptors (Lipinski definition) is 10. The molecule has 4 aliphatic rings. The fraction of sp³-hybridized carbons (Fsp3) is 0.593. The van der Waals surface area contributed by atoms with Crippen LogP contribution in [0.25, 0.3) is 0 Å². The Morgan fingerprint density at radius 3 is 2.39 bits per heavy atom. The number of fused-ring (bicyclic) bond motifs is 3.